The summed E-state index contributed by atoms with van der Waals surface area (Å²) < 4.78 is 27.9. The standard InChI is InChI=1S/C14H24N4O2S/c1-4-7-15-8-11-17-13-14(12-16-17)21(19,20)18(9-5-2)10-6-3/h2,12-13,15H,4,6-11H2,1,3H3. The molecule has 1 heterocycles. The zero-order chi connectivity index (χ0) is 15.7. The second-order valence-electron chi connectivity index (χ2n) is 4.73. The van der Waals surface area contributed by atoms with Crippen molar-refractivity contribution < 1.29 is 8.42 Å². The van der Waals surface area contributed by atoms with E-state index in [2.05, 4.69) is 23.3 Å². The van der Waals surface area contributed by atoms with E-state index in [1.807, 2.05) is 6.92 Å². The lowest BCUT2D eigenvalue weighted by molar-refractivity contribution is 0.445. The Morgan fingerprint density at radius 2 is 2.14 bits per heavy atom. The Bertz CT molecular complexity index is 560. The molecule has 1 aromatic heterocycles. The van der Waals surface area contributed by atoms with Crippen molar-refractivity contribution in [1.82, 2.24) is 19.4 Å². The van der Waals surface area contributed by atoms with Crippen molar-refractivity contribution in [3.05, 3.63) is 12.4 Å². The number of hydrogen-bond acceptors (Lipinski definition) is 4. The highest BCUT2D eigenvalue weighted by Crippen LogP contribution is 2.14. The van der Waals surface area contributed by atoms with Crippen LogP contribution >= 0.6 is 0 Å². The van der Waals surface area contributed by atoms with Crippen LogP contribution in [0.25, 0.3) is 0 Å². The average Bonchev–Trinajstić information content (AvgIpc) is 2.93. The molecule has 0 aliphatic heterocycles. The van der Waals surface area contributed by atoms with Gasteiger partial charge in [-0.1, -0.05) is 19.8 Å². The molecule has 0 aliphatic rings. The van der Waals surface area contributed by atoms with Gasteiger partial charge in [0.1, 0.15) is 4.90 Å². The molecule has 0 unspecified atom stereocenters. The summed E-state index contributed by atoms with van der Waals surface area (Å²) in [6.45, 7) is 6.85. The summed E-state index contributed by atoms with van der Waals surface area (Å²) in [6, 6.07) is 0. The van der Waals surface area contributed by atoms with Gasteiger partial charge in [0.15, 0.2) is 0 Å². The maximum Gasteiger partial charge on any atom is 0.247 e. The largest absolute Gasteiger partial charge is 0.315 e. The molecule has 0 saturated carbocycles. The number of sulfonamides is 1. The molecule has 0 aromatic carbocycles. The molecule has 0 radical (unpaired) electrons. The van der Waals surface area contributed by atoms with Gasteiger partial charge >= 0.3 is 0 Å². The lowest BCUT2D eigenvalue weighted by Gasteiger charge is -2.17. The van der Waals surface area contributed by atoms with Gasteiger partial charge in [0.25, 0.3) is 0 Å². The molecule has 1 aromatic rings. The first kappa shape index (κ1) is 17.7. The van der Waals surface area contributed by atoms with Gasteiger partial charge in [0.2, 0.25) is 10.0 Å². The van der Waals surface area contributed by atoms with E-state index < -0.39 is 10.0 Å². The quantitative estimate of drug-likeness (QED) is 0.515. The summed E-state index contributed by atoms with van der Waals surface area (Å²) in [6.07, 6.45) is 9.97. The van der Waals surface area contributed by atoms with Gasteiger partial charge in [-0.15, -0.1) is 6.42 Å². The van der Waals surface area contributed by atoms with Gasteiger partial charge in [0.05, 0.1) is 19.3 Å². The molecular formula is C14H24N4O2S. The summed E-state index contributed by atoms with van der Waals surface area (Å²) in [5.74, 6) is 2.39. The maximum atomic E-state index is 12.5. The molecule has 118 valence electrons. The number of hydrogen-bond donors (Lipinski definition) is 1. The van der Waals surface area contributed by atoms with Crippen molar-refractivity contribution in [2.45, 2.75) is 38.1 Å². The van der Waals surface area contributed by atoms with Crippen LogP contribution < -0.4 is 5.32 Å². The molecule has 0 bridgehead atoms. The topological polar surface area (TPSA) is 67.2 Å². The van der Waals surface area contributed by atoms with E-state index in [1.54, 1.807) is 10.9 Å². The average molecular weight is 312 g/mol. The van der Waals surface area contributed by atoms with Crippen LogP contribution in [-0.2, 0) is 16.6 Å². The number of terminal acetylenes is 1. The highest BCUT2D eigenvalue weighted by molar-refractivity contribution is 7.89. The van der Waals surface area contributed by atoms with E-state index in [-0.39, 0.29) is 11.4 Å². The molecule has 1 N–H and O–H groups in total. The van der Waals surface area contributed by atoms with Crippen molar-refractivity contribution in [2.75, 3.05) is 26.2 Å². The normalized spacial score (nSPS) is 11.7. The Labute approximate surface area is 127 Å². The summed E-state index contributed by atoms with van der Waals surface area (Å²) in [5.41, 5.74) is 0. The summed E-state index contributed by atoms with van der Waals surface area (Å²) in [7, 11) is -3.55. The molecule has 0 spiro atoms. The van der Waals surface area contributed by atoms with Crippen LogP contribution in [0.4, 0.5) is 0 Å². The molecule has 0 atom stereocenters. The van der Waals surface area contributed by atoms with Gasteiger partial charge in [0, 0.05) is 19.3 Å². The SMILES string of the molecule is C#CCN(CCC)S(=O)(=O)c1cnn(CCNCCC)c1. The fraction of sp³-hybridized carbons (Fsp3) is 0.643. The van der Waals surface area contributed by atoms with E-state index in [0.29, 0.717) is 13.1 Å². The van der Waals surface area contributed by atoms with Crippen molar-refractivity contribution >= 4 is 10.0 Å². The van der Waals surface area contributed by atoms with E-state index in [0.717, 1.165) is 25.9 Å². The minimum atomic E-state index is -3.55. The molecule has 21 heavy (non-hydrogen) atoms. The zero-order valence-corrected chi connectivity index (χ0v) is 13.6. The lowest BCUT2D eigenvalue weighted by Crippen LogP contribution is -2.32. The fourth-order valence-corrected chi connectivity index (χ4v) is 3.28. The smallest absolute Gasteiger partial charge is 0.247 e. The van der Waals surface area contributed by atoms with Gasteiger partial charge in [-0.25, -0.2) is 8.42 Å². The predicted octanol–water partition coefficient (Wildman–Crippen LogP) is 0.917. The van der Waals surface area contributed by atoms with Crippen LogP contribution in [0.2, 0.25) is 0 Å². The van der Waals surface area contributed by atoms with Crippen LogP contribution in [0.5, 0.6) is 0 Å². The Morgan fingerprint density at radius 1 is 1.38 bits per heavy atom. The molecule has 0 fully saturated rings. The number of aromatic nitrogens is 2. The molecule has 1 rings (SSSR count). The third-order valence-corrected chi connectivity index (χ3v) is 4.73. The molecule has 0 amide bonds. The Kier molecular flexibility index (Phi) is 7.43. The maximum absolute atomic E-state index is 12.5. The fourth-order valence-electron chi connectivity index (χ4n) is 1.88. The van der Waals surface area contributed by atoms with Gasteiger partial charge in [-0.3, -0.25) is 4.68 Å². The first-order chi connectivity index (χ1) is 10.1. The molecule has 6 nitrogen and oxygen atoms in total. The van der Waals surface area contributed by atoms with E-state index in [9.17, 15) is 8.42 Å². The highest BCUT2D eigenvalue weighted by Gasteiger charge is 2.24. The Hall–Kier alpha value is -1.36. The first-order valence-electron chi connectivity index (χ1n) is 7.23. The summed E-state index contributed by atoms with van der Waals surface area (Å²) >= 11 is 0. The van der Waals surface area contributed by atoms with Crippen molar-refractivity contribution in [3.63, 3.8) is 0 Å². The second-order valence-corrected chi connectivity index (χ2v) is 6.67. The minimum Gasteiger partial charge on any atom is -0.315 e. The number of rotatable bonds is 10. The molecule has 0 aliphatic carbocycles. The zero-order valence-electron chi connectivity index (χ0n) is 12.7. The Balaban J connectivity index is 2.75. The lowest BCUT2D eigenvalue weighted by atomic mass is 10.5. The van der Waals surface area contributed by atoms with E-state index >= 15 is 0 Å². The first-order valence-corrected chi connectivity index (χ1v) is 8.67. The second kappa shape index (κ2) is 8.82. The Morgan fingerprint density at radius 3 is 2.76 bits per heavy atom. The van der Waals surface area contributed by atoms with E-state index in [4.69, 9.17) is 6.42 Å². The van der Waals surface area contributed by atoms with Crippen molar-refractivity contribution in [2.24, 2.45) is 0 Å². The van der Waals surface area contributed by atoms with Crippen molar-refractivity contribution in [1.29, 1.82) is 0 Å². The summed E-state index contributed by atoms with van der Waals surface area (Å²) in [5, 5.41) is 7.35. The molecular weight excluding hydrogens is 288 g/mol. The van der Waals surface area contributed by atoms with Crippen LogP contribution in [-0.4, -0.2) is 48.7 Å². The van der Waals surface area contributed by atoms with Crippen LogP contribution in [0.3, 0.4) is 0 Å². The number of nitrogens with zero attached hydrogens (tertiary/aromatic N) is 3. The van der Waals surface area contributed by atoms with Crippen LogP contribution in [0.1, 0.15) is 26.7 Å². The predicted molar refractivity (Wildman–Crippen MR) is 83.3 cm³/mol. The third-order valence-electron chi connectivity index (χ3n) is 2.93. The van der Waals surface area contributed by atoms with Crippen LogP contribution in [0, 0.1) is 12.3 Å². The monoisotopic (exact) mass is 312 g/mol. The summed E-state index contributed by atoms with van der Waals surface area (Å²) in [4.78, 5) is 0.196. The van der Waals surface area contributed by atoms with Crippen LogP contribution in [0.15, 0.2) is 17.3 Å². The van der Waals surface area contributed by atoms with Gasteiger partial charge in [-0.05, 0) is 19.4 Å². The minimum absolute atomic E-state index is 0.0827. The molecule has 0 saturated heterocycles. The third kappa shape index (κ3) is 5.16. The highest BCUT2D eigenvalue weighted by atomic mass is 32.2. The molecule has 7 heteroatoms. The van der Waals surface area contributed by atoms with Gasteiger partial charge in [-0.2, -0.15) is 9.40 Å². The van der Waals surface area contributed by atoms with Crippen molar-refractivity contribution in [3.8, 4) is 12.3 Å². The van der Waals surface area contributed by atoms with E-state index in [1.165, 1.54) is 10.5 Å². The number of nitrogens with one attached hydrogen (secondary N) is 1. The van der Waals surface area contributed by atoms with Gasteiger partial charge < -0.3 is 5.32 Å².